The lowest BCUT2D eigenvalue weighted by Crippen LogP contribution is -2.35. The number of piperidine rings is 1. The van der Waals surface area contributed by atoms with Crippen molar-refractivity contribution in [3.8, 4) is 0 Å². The van der Waals surface area contributed by atoms with Gasteiger partial charge in [-0.1, -0.05) is 23.2 Å². The van der Waals surface area contributed by atoms with Crippen molar-refractivity contribution in [2.75, 3.05) is 13.1 Å². The highest BCUT2D eigenvalue weighted by atomic mass is 35.5. The second-order valence-electron chi connectivity index (χ2n) is 4.95. The van der Waals surface area contributed by atoms with Crippen LogP contribution in [0, 0.1) is 5.82 Å². The Hall–Kier alpha value is -1.26. The molecule has 1 N–H and O–H groups in total. The smallest absolute Gasteiger partial charge is 0.271 e. The normalized spacial score (nSPS) is 15.8. The molecule has 1 aliphatic rings. The van der Waals surface area contributed by atoms with Crippen molar-refractivity contribution in [3.63, 3.8) is 0 Å². The number of halogens is 3. The van der Waals surface area contributed by atoms with Gasteiger partial charge in [0.2, 0.25) is 0 Å². The zero-order valence-electron chi connectivity index (χ0n) is 10.7. The van der Waals surface area contributed by atoms with E-state index < -0.39 is 5.82 Å². The van der Waals surface area contributed by atoms with Crippen molar-refractivity contribution < 1.29 is 9.18 Å². The maximum absolute atomic E-state index is 13.5. The summed E-state index contributed by atoms with van der Waals surface area (Å²) >= 11 is 12.1. The quantitative estimate of drug-likeness (QED) is 0.839. The van der Waals surface area contributed by atoms with E-state index in [1.165, 1.54) is 12.1 Å². The largest absolute Gasteiger partial charge is 0.349 e. The van der Waals surface area contributed by atoms with Crippen molar-refractivity contribution in [3.05, 3.63) is 33.7 Å². The van der Waals surface area contributed by atoms with E-state index in [1.54, 1.807) is 4.90 Å². The van der Waals surface area contributed by atoms with Gasteiger partial charge in [-0.2, -0.15) is 0 Å². The molecule has 0 saturated carbocycles. The molecule has 1 saturated heterocycles. The van der Waals surface area contributed by atoms with Gasteiger partial charge >= 0.3 is 0 Å². The lowest BCUT2D eigenvalue weighted by Gasteiger charge is -2.26. The van der Waals surface area contributed by atoms with E-state index in [4.69, 9.17) is 23.2 Å². The number of benzene rings is 1. The summed E-state index contributed by atoms with van der Waals surface area (Å²) in [6.07, 6.45) is 3.14. The minimum atomic E-state index is -0.544. The van der Waals surface area contributed by atoms with Crippen LogP contribution in [0.15, 0.2) is 12.1 Å². The number of fused-ring (bicyclic) bond motifs is 1. The predicted octanol–water partition coefficient (Wildman–Crippen LogP) is 4.24. The summed E-state index contributed by atoms with van der Waals surface area (Å²) in [5.41, 5.74) is 0.859. The summed E-state index contributed by atoms with van der Waals surface area (Å²) in [6, 6.07) is 2.79. The molecular weight excluding hydrogens is 302 g/mol. The number of aromatic nitrogens is 1. The van der Waals surface area contributed by atoms with Gasteiger partial charge in [0.15, 0.2) is 0 Å². The van der Waals surface area contributed by atoms with Crippen molar-refractivity contribution >= 4 is 40.0 Å². The Labute approximate surface area is 125 Å². The van der Waals surface area contributed by atoms with E-state index in [9.17, 15) is 9.18 Å². The molecule has 1 amide bonds. The van der Waals surface area contributed by atoms with Crippen LogP contribution >= 0.6 is 23.2 Å². The molecule has 2 aromatic rings. The van der Waals surface area contributed by atoms with Crippen LogP contribution in [0.25, 0.3) is 10.9 Å². The zero-order chi connectivity index (χ0) is 14.3. The minimum absolute atomic E-state index is 0.0542. The lowest BCUT2D eigenvalue weighted by molar-refractivity contribution is 0.0719. The molecule has 20 heavy (non-hydrogen) atoms. The second-order valence-corrected chi connectivity index (χ2v) is 5.71. The maximum Gasteiger partial charge on any atom is 0.271 e. The number of likely N-dealkylation sites (tertiary alicyclic amines) is 1. The molecule has 0 aliphatic carbocycles. The molecule has 1 fully saturated rings. The van der Waals surface area contributed by atoms with Crippen LogP contribution in [0.2, 0.25) is 10.0 Å². The molecule has 0 unspecified atom stereocenters. The van der Waals surface area contributed by atoms with Gasteiger partial charge in [0.05, 0.1) is 10.0 Å². The van der Waals surface area contributed by atoms with Crippen LogP contribution in [0.3, 0.4) is 0 Å². The fraction of sp³-hybridized carbons (Fsp3) is 0.357. The van der Waals surface area contributed by atoms with Crippen LogP contribution in [0.1, 0.15) is 29.8 Å². The number of nitrogens with zero attached hydrogens (tertiary/aromatic N) is 1. The Kier molecular flexibility index (Phi) is 3.61. The molecule has 1 aromatic carbocycles. The molecule has 0 spiro atoms. The molecule has 0 bridgehead atoms. The Morgan fingerprint density at radius 1 is 1.15 bits per heavy atom. The molecule has 0 atom stereocenters. The first kappa shape index (κ1) is 13.7. The fourth-order valence-electron chi connectivity index (χ4n) is 2.59. The Bertz CT molecular complexity index is 677. The number of hydrogen-bond acceptors (Lipinski definition) is 1. The standard InChI is InChI=1S/C14H13Cl2FN2O/c15-11-8(17)4-5-9-10(11)12(16)13(18-9)14(20)19-6-2-1-3-7-19/h4-5,18H,1-3,6-7H2. The SMILES string of the molecule is O=C(c1[nH]c2ccc(F)c(Cl)c2c1Cl)N1CCCCC1. The third kappa shape index (κ3) is 2.17. The van der Waals surface area contributed by atoms with Crippen molar-refractivity contribution in [1.82, 2.24) is 9.88 Å². The van der Waals surface area contributed by atoms with Crippen molar-refractivity contribution in [2.24, 2.45) is 0 Å². The van der Waals surface area contributed by atoms with E-state index in [-0.39, 0.29) is 21.6 Å². The fourth-order valence-corrected chi connectivity index (χ4v) is 3.22. The van der Waals surface area contributed by atoms with Crippen LogP contribution < -0.4 is 0 Å². The van der Waals surface area contributed by atoms with Crippen LogP contribution in [-0.4, -0.2) is 28.9 Å². The topological polar surface area (TPSA) is 36.1 Å². The molecule has 1 aliphatic heterocycles. The third-order valence-electron chi connectivity index (χ3n) is 3.65. The van der Waals surface area contributed by atoms with Gasteiger partial charge in [0.25, 0.3) is 5.91 Å². The molecule has 106 valence electrons. The van der Waals surface area contributed by atoms with Gasteiger partial charge < -0.3 is 9.88 Å². The number of carbonyl (C=O) groups excluding carboxylic acids is 1. The third-order valence-corrected chi connectivity index (χ3v) is 4.40. The average Bonchev–Trinajstić information content (AvgIpc) is 2.81. The van der Waals surface area contributed by atoms with Gasteiger partial charge in [-0.3, -0.25) is 4.79 Å². The number of amides is 1. The van der Waals surface area contributed by atoms with E-state index in [2.05, 4.69) is 4.98 Å². The molecule has 6 heteroatoms. The van der Waals surface area contributed by atoms with Gasteiger partial charge in [-0.05, 0) is 31.4 Å². The highest BCUT2D eigenvalue weighted by molar-refractivity contribution is 6.44. The molecule has 0 radical (unpaired) electrons. The highest BCUT2D eigenvalue weighted by Gasteiger charge is 2.24. The van der Waals surface area contributed by atoms with Crippen molar-refractivity contribution in [2.45, 2.75) is 19.3 Å². The number of hydrogen-bond donors (Lipinski definition) is 1. The first-order valence-electron chi connectivity index (χ1n) is 6.54. The number of H-pyrrole nitrogens is 1. The summed E-state index contributed by atoms with van der Waals surface area (Å²) in [4.78, 5) is 17.2. The van der Waals surface area contributed by atoms with Gasteiger partial charge in [0, 0.05) is 24.0 Å². The number of aromatic amines is 1. The van der Waals surface area contributed by atoms with Crippen molar-refractivity contribution in [1.29, 1.82) is 0 Å². The van der Waals surface area contributed by atoms with Crippen LogP contribution in [0.4, 0.5) is 4.39 Å². The number of nitrogens with one attached hydrogen (secondary N) is 1. The summed E-state index contributed by atoms with van der Waals surface area (Å²) in [5.74, 6) is -0.695. The highest BCUT2D eigenvalue weighted by Crippen LogP contribution is 2.35. The first-order chi connectivity index (χ1) is 9.59. The maximum atomic E-state index is 13.5. The van der Waals surface area contributed by atoms with Gasteiger partial charge in [-0.25, -0.2) is 4.39 Å². The Morgan fingerprint density at radius 2 is 1.85 bits per heavy atom. The Balaban J connectivity index is 2.06. The number of rotatable bonds is 1. The summed E-state index contributed by atoms with van der Waals surface area (Å²) in [5, 5.41) is 0.509. The van der Waals surface area contributed by atoms with Crippen LogP contribution in [0.5, 0.6) is 0 Å². The second kappa shape index (κ2) is 5.26. The van der Waals surface area contributed by atoms with Gasteiger partial charge in [-0.15, -0.1) is 0 Å². The number of carbonyl (C=O) groups is 1. The molecule has 3 rings (SSSR count). The molecular formula is C14H13Cl2FN2O. The summed E-state index contributed by atoms with van der Waals surface area (Å²) in [6.45, 7) is 1.46. The minimum Gasteiger partial charge on any atom is -0.349 e. The average molecular weight is 315 g/mol. The monoisotopic (exact) mass is 314 g/mol. The first-order valence-corrected chi connectivity index (χ1v) is 7.29. The van der Waals surface area contributed by atoms with Crippen LogP contribution in [-0.2, 0) is 0 Å². The zero-order valence-corrected chi connectivity index (χ0v) is 12.2. The lowest BCUT2D eigenvalue weighted by atomic mass is 10.1. The predicted molar refractivity (Wildman–Crippen MR) is 78.0 cm³/mol. The van der Waals surface area contributed by atoms with Gasteiger partial charge in [0.1, 0.15) is 11.5 Å². The van der Waals surface area contributed by atoms with E-state index in [1.807, 2.05) is 0 Å². The van der Waals surface area contributed by atoms with E-state index >= 15 is 0 Å². The summed E-state index contributed by atoms with van der Waals surface area (Å²) in [7, 11) is 0. The molecule has 1 aromatic heterocycles. The summed E-state index contributed by atoms with van der Waals surface area (Å²) < 4.78 is 13.5. The molecule has 3 nitrogen and oxygen atoms in total. The van der Waals surface area contributed by atoms with E-state index in [0.717, 1.165) is 32.4 Å². The Morgan fingerprint density at radius 3 is 2.55 bits per heavy atom. The molecule has 2 heterocycles. The van der Waals surface area contributed by atoms with E-state index in [0.29, 0.717) is 10.9 Å².